The van der Waals surface area contributed by atoms with Gasteiger partial charge in [-0.15, -0.1) is 0 Å². The molecule has 1 aliphatic rings. The van der Waals surface area contributed by atoms with E-state index in [4.69, 9.17) is 15.3 Å². The van der Waals surface area contributed by atoms with E-state index in [0.29, 0.717) is 4.57 Å². The van der Waals surface area contributed by atoms with Crippen molar-refractivity contribution in [2.75, 3.05) is 5.73 Å². The van der Waals surface area contributed by atoms with E-state index >= 15 is 0 Å². The summed E-state index contributed by atoms with van der Waals surface area (Å²) in [5.74, 6) is -2.53. The average molecular weight is 292 g/mol. The van der Waals surface area contributed by atoms with Crippen LogP contribution in [0.4, 0.5) is 5.69 Å². The Labute approximate surface area is 130 Å². The van der Waals surface area contributed by atoms with E-state index in [2.05, 4.69) is 4.98 Å². The zero-order chi connectivity index (χ0) is 21.2. The summed E-state index contributed by atoms with van der Waals surface area (Å²) in [6.45, 7) is -2.95. The van der Waals surface area contributed by atoms with Crippen molar-refractivity contribution in [1.29, 1.82) is 0 Å². The zero-order valence-corrected chi connectivity index (χ0v) is 10.8. The second-order valence-electron chi connectivity index (χ2n) is 4.66. The van der Waals surface area contributed by atoms with Crippen molar-refractivity contribution in [2.24, 2.45) is 0 Å². The maximum absolute atomic E-state index is 13.1. The number of fused-ring (bicyclic) bond motifs is 1. The van der Waals surface area contributed by atoms with Gasteiger partial charge in [-0.1, -0.05) is 6.04 Å². The van der Waals surface area contributed by atoms with Crippen LogP contribution in [0.5, 0.6) is 0 Å². The highest BCUT2D eigenvalue weighted by Crippen LogP contribution is 2.24. The molecule has 0 bridgehead atoms. The molecule has 1 aromatic carbocycles. The number of aromatic nitrogens is 2. The number of Topliss-reactive ketones (excluding diaryl/α,β-unsaturated/α-hetero) is 2. The maximum Gasteiger partial charge on any atom is 0.264 e. The van der Waals surface area contributed by atoms with Crippen LogP contribution in [0.25, 0.3) is 10.9 Å². The molecule has 1 atom stereocenters. The third-order valence-electron chi connectivity index (χ3n) is 3.34. The predicted octanol–water partition coefficient (Wildman–Crippen LogP) is 1.15. The third kappa shape index (κ3) is 2.12. The molecule has 0 saturated heterocycles. The Morgan fingerprint density at radius 2 is 2.33 bits per heavy atom. The number of benzene rings is 1. The van der Waals surface area contributed by atoms with Gasteiger partial charge in [-0.25, -0.2) is 4.98 Å². The number of nitrogens with zero attached hydrogens (tertiary/aromatic N) is 2. The first kappa shape index (κ1) is 7.49. The fourth-order valence-electron chi connectivity index (χ4n) is 2.34. The molecule has 21 heavy (non-hydrogen) atoms. The van der Waals surface area contributed by atoms with E-state index in [-0.39, 0.29) is 16.9 Å². The van der Waals surface area contributed by atoms with Crippen LogP contribution in [-0.2, 0) is 9.59 Å². The first-order chi connectivity index (χ1) is 12.8. The fourth-order valence-corrected chi connectivity index (χ4v) is 2.34. The molecule has 3 rings (SSSR count). The molecular weight excluding hydrogens is 270 g/mol. The number of carbonyl (C=O) groups is 2. The SMILES string of the molecule is [2H]c1cc2nc(C([2H])([2H])[2H])n(C3CC([2H])([2H])C(=O)CC3=O)c(=O)c2c(N)c1[2H]. The van der Waals surface area contributed by atoms with Gasteiger partial charge in [-0.05, 0) is 25.4 Å². The van der Waals surface area contributed by atoms with Crippen molar-refractivity contribution in [2.45, 2.75) is 32.1 Å². The van der Waals surface area contributed by atoms with Crippen LogP contribution in [-0.4, -0.2) is 21.1 Å². The Balaban J connectivity index is 2.41. The molecule has 1 heterocycles. The molecule has 0 spiro atoms. The summed E-state index contributed by atoms with van der Waals surface area (Å²) in [5, 5.41) is -0.334. The molecule has 0 radical (unpaired) electrons. The van der Waals surface area contributed by atoms with Crippen molar-refractivity contribution < 1.29 is 19.2 Å². The number of hydrogen-bond acceptors (Lipinski definition) is 5. The molecular formula is C15H15N3O3. The van der Waals surface area contributed by atoms with Gasteiger partial charge >= 0.3 is 0 Å². The van der Waals surface area contributed by atoms with E-state index < -0.39 is 66.8 Å². The van der Waals surface area contributed by atoms with Gasteiger partial charge < -0.3 is 5.73 Å². The topological polar surface area (TPSA) is 95.0 Å². The number of nitrogens with two attached hydrogens (primary N) is 1. The number of nitrogen functional groups attached to an aromatic ring is 1. The van der Waals surface area contributed by atoms with Gasteiger partial charge in [-0.3, -0.25) is 19.0 Å². The van der Waals surface area contributed by atoms with Gasteiger partial charge in [0.1, 0.15) is 11.6 Å². The monoisotopic (exact) mass is 292 g/mol. The van der Waals surface area contributed by atoms with Crippen LogP contribution in [0, 0.1) is 6.85 Å². The lowest BCUT2D eigenvalue weighted by Crippen LogP contribution is -2.36. The molecule has 0 amide bonds. The van der Waals surface area contributed by atoms with Gasteiger partial charge in [0.2, 0.25) is 0 Å². The zero-order valence-electron chi connectivity index (χ0n) is 17.8. The molecule has 6 heteroatoms. The van der Waals surface area contributed by atoms with Crippen molar-refractivity contribution in [3.63, 3.8) is 0 Å². The highest BCUT2D eigenvalue weighted by molar-refractivity contribution is 6.03. The van der Waals surface area contributed by atoms with E-state index in [9.17, 15) is 14.4 Å². The van der Waals surface area contributed by atoms with Gasteiger partial charge in [0.25, 0.3) is 5.56 Å². The van der Waals surface area contributed by atoms with E-state index in [0.717, 1.165) is 6.07 Å². The Kier molecular flexibility index (Phi) is 1.71. The molecule has 1 saturated carbocycles. The molecule has 0 aliphatic heterocycles. The number of carbonyl (C=O) groups excluding carboxylic acids is 2. The van der Waals surface area contributed by atoms with E-state index in [1.54, 1.807) is 0 Å². The van der Waals surface area contributed by atoms with Crippen LogP contribution >= 0.6 is 0 Å². The van der Waals surface area contributed by atoms with Crippen LogP contribution in [0.2, 0.25) is 0 Å². The summed E-state index contributed by atoms with van der Waals surface area (Å²) in [7, 11) is 0. The largest absolute Gasteiger partial charge is 0.398 e. The Morgan fingerprint density at radius 1 is 1.52 bits per heavy atom. The number of anilines is 1. The van der Waals surface area contributed by atoms with Gasteiger partial charge in [-0.2, -0.15) is 0 Å². The number of ketones is 2. The molecule has 1 aliphatic carbocycles. The van der Waals surface area contributed by atoms with Crippen molar-refractivity contribution in [1.82, 2.24) is 9.55 Å². The van der Waals surface area contributed by atoms with Crippen LogP contribution in [0.15, 0.2) is 22.9 Å². The van der Waals surface area contributed by atoms with Crippen molar-refractivity contribution in [3.8, 4) is 0 Å². The minimum atomic E-state index is -2.95. The first-order valence-electron chi connectivity index (χ1n) is 9.64. The summed E-state index contributed by atoms with van der Waals surface area (Å²) in [6.07, 6.45) is -3.92. The minimum Gasteiger partial charge on any atom is -0.398 e. The van der Waals surface area contributed by atoms with Gasteiger partial charge in [0, 0.05) is 18.9 Å². The second-order valence-corrected chi connectivity index (χ2v) is 4.66. The standard InChI is InChI=1S/C15H15N3O3/c1-8-17-11-4-2-3-10(16)14(11)15(21)18(8)12-6-5-9(19)7-13(12)20/h2-4,12H,5-7,16H2,1H3/i1D3,2D,3D,5D2. The Hall–Kier alpha value is -2.50. The highest BCUT2D eigenvalue weighted by atomic mass is 16.2. The van der Waals surface area contributed by atoms with Crippen LogP contribution < -0.4 is 11.3 Å². The van der Waals surface area contributed by atoms with Gasteiger partial charge in [0.15, 0.2) is 5.78 Å². The molecule has 2 N–H and O–H groups in total. The summed E-state index contributed by atoms with van der Waals surface area (Å²) in [4.78, 5) is 41.2. The number of aryl methyl sites for hydroxylation is 1. The molecule has 1 unspecified atom stereocenters. The van der Waals surface area contributed by atoms with Crippen molar-refractivity contribution >= 4 is 28.2 Å². The number of hydrogen-bond donors (Lipinski definition) is 1. The van der Waals surface area contributed by atoms with E-state index in [1.807, 2.05) is 0 Å². The normalized spacial score (nSPS) is 27.0. The van der Waals surface area contributed by atoms with Gasteiger partial charge in [0.05, 0.1) is 26.1 Å². The Morgan fingerprint density at radius 3 is 3.10 bits per heavy atom. The molecule has 1 aromatic heterocycles. The highest BCUT2D eigenvalue weighted by Gasteiger charge is 2.30. The molecule has 2 aromatic rings. The minimum absolute atomic E-state index is 0.215. The van der Waals surface area contributed by atoms with Crippen LogP contribution in [0.1, 0.15) is 40.7 Å². The second kappa shape index (κ2) is 4.80. The summed E-state index contributed by atoms with van der Waals surface area (Å²) in [6, 6.07) is -1.35. The predicted molar refractivity (Wildman–Crippen MR) is 78.1 cm³/mol. The number of rotatable bonds is 1. The molecule has 1 fully saturated rings. The van der Waals surface area contributed by atoms with E-state index in [1.165, 1.54) is 0 Å². The third-order valence-corrected chi connectivity index (χ3v) is 3.34. The molecule has 6 nitrogen and oxygen atoms in total. The maximum atomic E-state index is 13.1. The average Bonchev–Trinajstić information content (AvgIpc) is 2.55. The molecule has 108 valence electrons. The summed E-state index contributed by atoms with van der Waals surface area (Å²) in [5.41, 5.74) is 4.13. The first-order valence-corrected chi connectivity index (χ1v) is 6.14. The van der Waals surface area contributed by atoms with Crippen molar-refractivity contribution in [3.05, 3.63) is 34.3 Å². The lowest BCUT2D eigenvalue weighted by atomic mass is 9.92. The smallest absolute Gasteiger partial charge is 0.264 e. The summed E-state index contributed by atoms with van der Waals surface area (Å²) >= 11 is 0. The Bertz CT molecular complexity index is 1090. The summed E-state index contributed by atoms with van der Waals surface area (Å²) < 4.78 is 54.6. The quantitative estimate of drug-likeness (QED) is 0.628. The lowest BCUT2D eigenvalue weighted by Gasteiger charge is -2.24. The lowest BCUT2D eigenvalue weighted by molar-refractivity contribution is -0.132. The van der Waals surface area contributed by atoms with Crippen LogP contribution in [0.3, 0.4) is 0 Å². The fraction of sp³-hybridized carbons (Fsp3) is 0.333.